The molecule has 1 aliphatic carbocycles. The average molecular weight is 336 g/mol. The molecule has 0 aromatic carbocycles. The Balaban J connectivity index is 1.91. The van der Waals surface area contributed by atoms with Crippen molar-refractivity contribution in [2.45, 2.75) is 30.4 Å². The lowest BCUT2D eigenvalue weighted by atomic mass is 10.4. The van der Waals surface area contributed by atoms with Crippen LogP contribution in [-0.2, 0) is 22.9 Å². The molecule has 0 bridgehead atoms. The standard InChI is InChI=1S/C10H10ClN3O2S3/c1-5-8(18-9(11)12-5)19(15,16)14-10-13-6-3-2-4-7(6)17-10/h2-4H2,1H3,(H,13,14). The van der Waals surface area contributed by atoms with Gasteiger partial charge >= 0.3 is 0 Å². The number of rotatable bonds is 3. The molecule has 0 aliphatic heterocycles. The van der Waals surface area contributed by atoms with Crippen molar-refractivity contribution in [1.82, 2.24) is 9.97 Å². The highest BCUT2D eigenvalue weighted by Gasteiger charge is 2.24. The van der Waals surface area contributed by atoms with Gasteiger partial charge in [0.15, 0.2) is 13.8 Å². The van der Waals surface area contributed by atoms with Gasteiger partial charge in [0.05, 0.1) is 11.4 Å². The van der Waals surface area contributed by atoms with E-state index in [4.69, 9.17) is 11.6 Å². The molecule has 5 nitrogen and oxygen atoms in total. The van der Waals surface area contributed by atoms with Gasteiger partial charge in [-0.15, -0.1) is 11.3 Å². The summed E-state index contributed by atoms with van der Waals surface area (Å²) in [6.45, 7) is 1.62. The molecule has 2 aromatic heterocycles. The highest BCUT2D eigenvalue weighted by molar-refractivity contribution is 7.95. The van der Waals surface area contributed by atoms with E-state index in [1.165, 1.54) is 16.2 Å². The molecule has 1 aliphatic rings. The first kappa shape index (κ1) is 13.3. The van der Waals surface area contributed by atoms with Gasteiger partial charge in [0.25, 0.3) is 10.0 Å². The van der Waals surface area contributed by atoms with Crippen LogP contribution in [0, 0.1) is 6.92 Å². The summed E-state index contributed by atoms with van der Waals surface area (Å²) in [6, 6.07) is 0. The maximum absolute atomic E-state index is 12.2. The zero-order valence-corrected chi connectivity index (χ0v) is 13.1. The largest absolute Gasteiger partial charge is 0.275 e. The summed E-state index contributed by atoms with van der Waals surface area (Å²) in [5.74, 6) is 0. The third kappa shape index (κ3) is 2.49. The summed E-state index contributed by atoms with van der Waals surface area (Å²) in [5, 5.41) is 0.425. The van der Waals surface area contributed by atoms with Gasteiger partial charge in [-0.2, -0.15) is 0 Å². The van der Waals surface area contributed by atoms with Crippen molar-refractivity contribution in [3.8, 4) is 0 Å². The first-order valence-corrected chi connectivity index (χ1v) is 9.09. The summed E-state index contributed by atoms with van der Waals surface area (Å²) in [4.78, 5) is 9.41. The van der Waals surface area contributed by atoms with Crippen LogP contribution in [0.2, 0.25) is 4.47 Å². The van der Waals surface area contributed by atoms with Crippen molar-refractivity contribution in [2.24, 2.45) is 0 Å². The van der Waals surface area contributed by atoms with Gasteiger partial charge in [-0.3, -0.25) is 4.72 Å². The third-order valence-corrected chi connectivity index (χ3v) is 7.20. The minimum absolute atomic E-state index is 0.146. The molecule has 3 rings (SSSR count). The van der Waals surface area contributed by atoms with Crippen LogP contribution in [0.3, 0.4) is 0 Å². The lowest BCUT2D eigenvalue weighted by Crippen LogP contribution is -2.12. The fraction of sp³-hybridized carbons (Fsp3) is 0.400. The maximum Gasteiger partial charge on any atom is 0.275 e. The highest BCUT2D eigenvalue weighted by Crippen LogP contribution is 2.33. The molecule has 0 saturated heterocycles. The number of aromatic nitrogens is 2. The summed E-state index contributed by atoms with van der Waals surface area (Å²) >= 11 is 8.10. The van der Waals surface area contributed by atoms with Crippen LogP contribution in [0.25, 0.3) is 0 Å². The minimum Gasteiger partial charge on any atom is -0.254 e. The lowest BCUT2D eigenvalue weighted by molar-refractivity contribution is 0.602. The normalized spacial score (nSPS) is 14.6. The van der Waals surface area contributed by atoms with E-state index in [9.17, 15) is 8.42 Å². The van der Waals surface area contributed by atoms with Gasteiger partial charge in [-0.1, -0.05) is 22.9 Å². The second-order valence-electron chi connectivity index (χ2n) is 4.19. The molecule has 9 heteroatoms. The van der Waals surface area contributed by atoms with E-state index in [0.29, 0.717) is 10.8 Å². The average Bonchev–Trinajstić information content (AvgIpc) is 2.92. The molecule has 102 valence electrons. The summed E-state index contributed by atoms with van der Waals surface area (Å²) in [7, 11) is -3.64. The first-order chi connectivity index (χ1) is 8.95. The van der Waals surface area contributed by atoms with Crippen LogP contribution in [-0.4, -0.2) is 18.4 Å². The fourth-order valence-electron chi connectivity index (χ4n) is 2.00. The second kappa shape index (κ2) is 4.69. The maximum atomic E-state index is 12.2. The Morgan fingerprint density at radius 2 is 2.05 bits per heavy atom. The van der Waals surface area contributed by atoms with E-state index in [0.717, 1.165) is 36.3 Å². The van der Waals surface area contributed by atoms with Gasteiger partial charge in [0.1, 0.15) is 0 Å². The third-order valence-electron chi connectivity index (χ3n) is 2.79. The van der Waals surface area contributed by atoms with Crippen LogP contribution < -0.4 is 4.72 Å². The van der Waals surface area contributed by atoms with Crippen molar-refractivity contribution in [3.05, 3.63) is 20.7 Å². The molecule has 0 spiro atoms. The van der Waals surface area contributed by atoms with E-state index in [1.807, 2.05) is 0 Å². The number of thiazole rings is 2. The second-order valence-corrected chi connectivity index (χ2v) is 8.73. The predicted octanol–water partition coefficient (Wildman–Crippen LogP) is 2.85. The molecule has 1 N–H and O–H groups in total. The summed E-state index contributed by atoms with van der Waals surface area (Å²) < 4.78 is 27.3. The van der Waals surface area contributed by atoms with Crippen LogP contribution in [0.5, 0.6) is 0 Å². The van der Waals surface area contributed by atoms with Gasteiger partial charge in [0.2, 0.25) is 0 Å². The quantitative estimate of drug-likeness (QED) is 0.936. The number of hydrogen-bond donors (Lipinski definition) is 1. The number of anilines is 1. The number of aryl methyl sites for hydroxylation is 3. The monoisotopic (exact) mass is 335 g/mol. The molecule has 0 fully saturated rings. The number of halogens is 1. The van der Waals surface area contributed by atoms with Crippen molar-refractivity contribution >= 4 is 49.4 Å². The number of fused-ring (bicyclic) bond motifs is 1. The molecule has 0 atom stereocenters. The topological polar surface area (TPSA) is 72.0 Å². The zero-order chi connectivity index (χ0) is 13.6. The molecule has 0 saturated carbocycles. The van der Waals surface area contributed by atoms with Gasteiger partial charge in [-0.05, 0) is 26.2 Å². The van der Waals surface area contributed by atoms with E-state index in [1.54, 1.807) is 6.92 Å². The summed E-state index contributed by atoms with van der Waals surface area (Å²) in [6.07, 6.45) is 3.02. The molecule has 19 heavy (non-hydrogen) atoms. The van der Waals surface area contributed by atoms with E-state index >= 15 is 0 Å². The van der Waals surface area contributed by atoms with Crippen LogP contribution in [0.1, 0.15) is 22.7 Å². The minimum atomic E-state index is -3.64. The number of nitrogens with one attached hydrogen (secondary N) is 1. The number of sulfonamides is 1. The predicted molar refractivity (Wildman–Crippen MR) is 76.8 cm³/mol. The number of hydrogen-bond acceptors (Lipinski definition) is 6. The lowest BCUT2D eigenvalue weighted by Gasteiger charge is -2.02. The van der Waals surface area contributed by atoms with Crippen LogP contribution >= 0.6 is 34.3 Å². The van der Waals surface area contributed by atoms with E-state index in [-0.39, 0.29) is 8.68 Å². The molecule has 2 heterocycles. The van der Waals surface area contributed by atoms with E-state index in [2.05, 4.69) is 14.7 Å². The Bertz CT molecular complexity index is 714. The number of nitrogens with zero attached hydrogens (tertiary/aromatic N) is 2. The summed E-state index contributed by atoms with van der Waals surface area (Å²) in [5.41, 5.74) is 1.42. The van der Waals surface area contributed by atoms with Crippen LogP contribution in [0.4, 0.5) is 5.13 Å². The van der Waals surface area contributed by atoms with Gasteiger partial charge in [-0.25, -0.2) is 18.4 Å². The molecule has 0 radical (unpaired) electrons. The van der Waals surface area contributed by atoms with Gasteiger partial charge in [0, 0.05) is 4.88 Å². The van der Waals surface area contributed by atoms with Crippen molar-refractivity contribution < 1.29 is 8.42 Å². The Morgan fingerprint density at radius 1 is 1.26 bits per heavy atom. The molecule has 0 amide bonds. The van der Waals surface area contributed by atoms with Gasteiger partial charge < -0.3 is 0 Å². The Kier molecular flexibility index (Phi) is 3.28. The molecular formula is C10H10ClN3O2S3. The van der Waals surface area contributed by atoms with E-state index < -0.39 is 10.0 Å². The Hall–Kier alpha value is -0.700. The Labute approximate surface area is 123 Å². The fourth-order valence-corrected chi connectivity index (χ4v) is 6.02. The van der Waals surface area contributed by atoms with Crippen molar-refractivity contribution in [2.75, 3.05) is 4.72 Å². The highest BCUT2D eigenvalue weighted by atomic mass is 35.5. The Morgan fingerprint density at radius 3 is 2.68 bits per heavy atom. The SMILES string of the molecule is Cc1nc(Cl)sc1S(=O)(=O)Nc1nc2c(s1)CCC2. The van der Waals surface area contributed by atoms with Crippen LogP contribution in [0.15, 0.2) is 4.21 Å². The smallest absolute Gasteiger partial charge is 0.254 e. The van der Waals surface area contributed by atoms with Crippen molar-refractivity contribution in [1.29, 1.82) is 0 Å². The molecule has 2 aromatic rings. The van der Waals surface area contributed by atoms with Crippen molar-refractivity contribution in [3.63, 3.8) is 0 Å². The zero-order valence-electron chi connectivity index (χ0n) is 9.93. The molecule has 0 unspecified atom stereocenters. The first-order valence-electron chi connectivity index (χ1n) is 5.60. The molecular weight excluding hydrogens is 326 g/mol.